The van der Waals surface area contributed by atoms with E-state index in [1.807, 2.05) is 11.9 Å². The normalized spacial score (nSPS) is 19.5. The number of piperidine rings is 1. The van der Waals surface area contributed by atoms with Gasteiger partial charge in [0, 0.05) is 26.2 Å². The van der Waals surface area contributed by atoms with Gasteiger partial charge in [0.15, 0.2) is 5.76 Å². The van der Waals surface area contributed by atoms with Crippen LogP contribution in [-0.2, 0) is 4.79 Å². The number of hydrogen-bond donors (Lipinski definition) is 0. The Kier molecular flexibility index (Phi) is 4.76. The van der Waals surface area contributed by atoms with E-state index in [4.69, 9.17) is 4.42 Å². The molecule has 0 spiro atoms. The second kappa shape index (κ2) is 6.83. The summed E-state index contributed by atoms with van der Waals surface area (Å²) in [7, 11) is 3.91. The van der Waals surface area contributed by atoms with Crippen LogP contribution in [0, 0.1) is 16.0 Å². The second-order valence-electron chi connectivity index (χ2n) is 6.79. The highest BCUT2D eigenvalue weighted by Crippen LogP contribution is 2.25. The quantitative estimate of drug-likeness (QED) is 0.588. The highest BCUT2D eigenvalue weighted by Gasteiger charge is 2.40. The Morgan fingerprint density at radius 3 is 2.48 bits per heavy atom. The molecule has 0 atom stereocenters. The maximum atomic E-state index is 12.6. The molecule has 0 bridgehead atoms. The lowest BCUT2D eigenvalue weighted by Crippen LogP contribution is -2.57. The Morgan fingerprint density at radius 2 is 1.92 bits per heavy atom. The van der Waals surface area contributed by atoms with Crippen LogP contribution in [0.1, 0.15) is 23.4 Å². The summed E-state index contributed by atoms with van der Waals surface area (Å²) in [6.45, 7) is 2.61. The van der Waals surface area contributed by atoms with Crippen LogP contribution in [0.5, 0.6) is 0 Å². The van der Waals surface area contributed by atoms with Gasteiger partial charge in [-0.3, -0.25) is 19.7 Å². The molecule has 25 heavy (non-hydrogen) atoms. The van der Waals surface area contributed by atoms with Crippen LogP contribution < -0.4 is 0 Å². The Balaban J connectivity index is 1.51. The van der Waals surface area contributed by atoms with Crippen LogP contribution in [0.15, 0.2) is 16.5 Å². The molecule has 2 saturated heterocycles. The van der Waals surface area contributed by atoms with Gasteiger partial charge < -0.3 is 19.1 Å². The average molecular weight is 350 g/mol. The van der Waals surface area contributed by atoms with Crippen LogP contribution in [0.25, 0.3) is 0 Å². The largest absolute Gasteiger partial charge is 0.433 e. The smallest absolute Gasteiger partial charge is 0.395 e. The van der Waals surface area contributed by atoms with Crippen molar-refractivity contribution in [3.05, 3.63) is 28.0 Å². The molecule has 0 aromatic carbocycles. The molecular weight excluding hydrogens is 328 g/mol. The maximum Gasteiger partial charge on any atom is 0.433 e. The molecule has 3 heterocycles. The fraction of sp³-hybridized carbons (Fsp3) is 0.625. The highest BCUT2D eigenvalue weighted by molar-refractivity contribution is 5.94. The second-order valence-corrected chi connectivity index (χ2v) is 6.79. The van der Waals surface area contributed by atoms with Gasteiger partial charge in [-0.1, -0.05) is 0 Å². The summed E-state index contributed by atoms with van der Waals surface area (Å²) >= 11 is 0. The summed E-state index contributed by atoms with van der Waals surface area (Å²) in [6.07, 6.45) is 1.92. The van der Waals surface area contributed by atoms with E-state index in [2.05, 4.69) is 11.9 Å². The first-order chi connectivity index (χ1) is 11.9. The molecule has 2 amide bonds. The van der Waals surface area contributed by atoms with Crippen molar-refractivity contribution in [2.24, 2.45) is 5.92 Å². The average Bonchev–Trinajstić information content (AvgIpc) is 3.03. The van der Waals surface area contributed by atoms with Crippen molar-refractivity contribution >= 4 is 17.7 Å². The topological polar surface area (TPSA) is 100 Å². The fourth-order valence-corrected chi connectivity index (χ4v) is 3.35. The molecule has 1 aromatic rings. The van der Waals surface area contributed by atoms with Gasteiger partial charge in [0.2, 0.25) is 5.91 Å². The van der Waals surface area contributed by atoms with Gasteiger partial charge in [-0.2, -0.15) is 0 Å². The molecular formula is C16H22N4O5. The lowest BCUT2D eigenvalue weighted by Gasteiger charge is -2.42. The van der Waals surface area contributed by atoms with Crippen molar-refractivity contribution in [1.29, 1.82) is 0 Å². The molecule has 2 aliphatic rings. The number of nitrogens with zero attached hydrogens (tertiary/aromatic N) is 4. The molecule has 136 valence electrons. The van der Waals surface area contributed by atoms with Gasteiger partial charge in [0.1, 0.15) is 4.92 Å². The third kappa shape index (κ3) is 3.51. The first kappa shape index (κ1) is 17.4. The number of furan rings is 1. The first-order valence-corrected chi connectivity index (χ1v) is 8.35. The summed E-state index contributed by atoms with van der Waals surface area (Å²) < 4.78 is 4.92. The van der Waals surface area contributed by atoms with Crippen molar-refractivity contribution in [3.63, 3.8) is 0 Å². The number of likely N-dealkylation sites (tertiary alicyclic amines) is 2. The number of amides is 2. The lowest BCUT2D eigenvalue weighted by molar-refractivity contribution is -0.402. The zero-order valence-corrected chi connectivity index (χ0v) is 14.4. The standard InChI is InChI=1S/C16H22N4O5/c1-17-7-5-12(6-8-17)18(2)15(21)11-9-19(10-11)16(22)13-3-4-14(25-13)20(23)24/h3-4,11-12H,5-10H2,1-2H3. The number of carbonyl (C=O) groups excluding carboxylic acids is 2. The summed E-state index contributed by atoms with van der Waals surface area (Å²) in [5.74, 6) is -1.10. The zero-order valence-electron chi connectivity index (χ0n) is 14.4. The van der Waals surface area contributed by atoms with Gasteiger partial charge >= 0.3 is 5.88 Å². The van der Waals surface area contributed by atoms with Crippen molar-refractivity contribution in [2.45, 2.75) is 18.9 Å². The Hall–Kier alpha value is -2.42. The number of hydrogen-bond acceptors (Lipinski definition) is 6. The molecule has 3 rings (SSSR count). The maximum absolute atomic E-state index is 12.6. The van der Waals surface area contributed by atoms with Crippen molar-refractivity contribution in [2.75, 3.05) is 40.3 Å². The molecule has 9 nitrogen and oxygen atoms in total. The Bertz CT molecular complexity index is 674. The SMILES string of the molecule is CN1CCC(N(C)C(=O)C2CN(C(=O)c3ccc([N+](=O)[O-])o3)C2)CC1. The van der Waals surface area contributed by atoms with Gasteiger partial charge in [-0.25, -0.2) is 0 Å². The van der Waals surface area contributed by atoms with Gasteiger partial charge in [0.05, 0.1) is 12.0 Å². The van der Waals surface area contributed by atoms with Crippen molar-refractivity contribution in [3.8, 4) is 0 Å². The third-order valence-electron chi connectivity index (χ3n) is 5.08. The van der Waals surface area contributed by atoms with Crippen molar-refractivity contribution in [1.82, 2.24) is 14.7 Å². The summed E-state index contributed by atoms with van der Waals surface area (Å²) in [5, 5.41) is 10.6. The van der Waals surface area contributed by atoms with Gasteiger partial charge in [-0.05, 0) is 39.0 Å². The Labute approximate surface area is 145 Å². The van der Waals surface area contributed by atoms with Crippen molar-refractivity contribution < 1.29 is 18.9 Å². The predicted molar refractivity (Wildman–Crippen MR) is 88.0 cm³/mol. The zero-order chi connectivity index (χ0) is 18.1. The van der Waals surface area contributed by atoms with Crippen LogP contribution in [-0.4, -0.2) is 77.8 Å². The van der Waals surface area contributed by atoms with E-state index in [9.17, 15) is 19.7 Å². The van der Waals surface area contributed by atoms with E-state index in [0.29, 0.717) is 13.1 Å². The Morgan fingerprint density at radius 1 is 1.28 bits per heavy atom. The van der Waals surface area contributed by atoms with Crippen LogP contribution in [0.3, 0.4) is 0 Å². The van der Waals surface area contributed by atoms with Gasteiger partial charge in [0.25, 0.3) is 5.91 Å². The minimum Gasteiger partial charge on any atom is -0.395 e. The van der Waals surface area contributed by atoms with E-state index >= 15 is 0 Å². The third-order valence-corrected chi connectivity index (χ3v) is 5.08. The lowest BCUT2D eigenvalue weighted by atomic mass is 9.95. The van der Waals surface area contributed by atoms with E-state index in [-0.39, 0.29) is 23.6 Å². The predicted octanol–water partition coefficient (Wildman–Crippen LogP) is 0.812. The van der Waals surface area contributed by atoms with Crippen LogP contribution in [0.2, 0.25) is 0 Å². The molecule has 2 fully saturated rings. The molecule has 0 radical (unpaired) electrons. The monoisotopic (exact) mass is 350 g/mol. The summed E-state index contributed by atoms with van der Waals surface area (Å²) in [6, 6.07) is 2.70. The molecule has 2 aliphatic heterocycles. The minimum absolute atomic E-state index is 0.0593. The van der Waals surface area contributed by atoms with Crippen LogP contribution >= 0.6 is 0 Å². The summed E-state index contributed by atoms with van der Waals surface area (Å²) in [4.78, 5) is 40.3. The summed E-state index contributed by atoms with van der Waals surface area (Å²) in [5.41, 5.74) is 0. The molecule has 0 unspecified atom stereocenters. The molecule has 0 saturated carbocycles. The minimum atomic E-state index is -0.685. The van der Waals surface area contributed by atoms with Gasteiger partial charge in [-0.15, -0.1) is 0 Å². The fourth-order valence-electron chi connectivity index (χ4n) is 3.35. The molecule has 9 heteroatoms. The number of rotatable bonds is 4. The molecule has 1 aromatic heterocycles. The molecule has 0 N–H and O–H groups in total. The van der Waals surface area contributed by atoms with E-state index in [0.717, 1.165) is 32.0 Å². The van der Waals surface area contributed by atoms with E-state index < -0.39 is 16.7 Å². The van der Waals surface area contributed by atoms with E-state index in [1.165, 1.54) is 11.0 Å². The van der Waals surface area contributed by atoms with Crippen LogP contribution in [0.4, 0.5) is 5.88 Å². The first-order valence-electron chi connectivity index (χ1n) is 8.35. The number of carbonyl (C=O) groups is 2. The molecule has 0 aliphatic carbocycles. The highest BCUT2D eigenvalue weighted by atomic mass is 16.6. The number of nitro groups is 1. The van der Waals surface area contributed by atoms with E-state index in [1.54, 1.807) is 0 Å².